The highest BCUT2D eigenvalue weighted by Gasteiger charge is 2.23. The van der Waals surface area contributed by atoms with Crippen LogP contribution in [0.1, 0.15) is 29.9 Å². The Morgan fingerprint density at radius 2 is 2.19 bits per heavy atom. The van der Waals surface area contributed by atoms with Crippen LogP contribution in [-0.2, 0) is 12.8 Å². The average molecular weight is 310 g/mol. The number of nitrogens with one attached hydrogen (secondary N) is 1. The molecule has 0 amide bonds. The van der Waals surface area contributed by atoms with E-state index in [1.54, 1.807) is 0 Å². The van der Waals surface area contributed by atoms with Crippen LogP contribution in [0.4, 0.5) is 10.1 Å². The number of fused-ring (bicyclic) bond motifs is 1. The van der Waals surface area contributed by atoms with Gasteiger partial charge in [-0.1, -0.05) is 21.9 Å². The van der Waals surface area contributed by atoms with E-state index in [-0.39, 0.29) is 10.9 Å². The third kappa shape index (κ3) is 2.71. The van der Waals surface area contributed by atoms with E-state index in [4.69, 9.17) is 16.1 Å². The van der Waals surface area contributed by atoms with Gasteiger partial charge in [0.05, 0.1) is 5.02 Å². The SMILES string of the molecule is O/N=C(\Nc1ccc(F)c(Cl)c1)c1noc2c1CCCC2. The first-order chi connectivity index (χ1) is 10.2. The highest BCUT2D eigenvalue weighted by atomic mass is 35.5. The molecule has 21 heavy (non-hydrogen) atoms. The predicted molar refractivity (Wildman–Crippen MR) is 76.5 cm³/mol. The number of rotatable bonds is 2. The van der Waals surface area contributed by atoms with E-state index < -0.39 is 5.82 Å². The van der Waals surface area contributed by atoms with Crippen LogP contribution in [0.5, 0.6) is 0 Å². The Kier molecular flexibility index (Phi) is 3.79. The van der Waals surface area contributed by atoms with Crippen molar-refractivity contribution in [2.75, 3.05) is 5.32 Å². The maximum absolute atomic E-state index is 13.1. The molecular weight excluding hydrogens is 297 g/mol. The molecule has 0 bridgehead atoms. The lowest BCUT2D eigenvalue weighted by Crippen LogP contribution is -2.17. The van der Waals surface area contributed by atoms with E-state index in [2.05, 4.69) is 15.6 Å². The zero-order chi connectivity index (χ0) is 14.8. The summed E-state index contributed by atoms with van der Waals surface area (Å²) in [5.41, 5.74) is 1.93. The molecule has 2 N–H and O–H groups in total. The van der Waals surface area contributed by atoms with Gasteiger partial charge in [-0.2, -0.15) is 0 Å². The van der Waals surface area contributed by atoms with Gasteiger partial charge in [0.25, 0.3) is 0 Å². The van der Waals surface area contributed by atoms with Crippen LogP contribution >= 0.6 is 11.6 Å². The van der Waals surface area contributed by atoms with Gasteiger partial charge in [0, 0.05) is 17.7 Å². The smallest absolute Gasteiger partial charge is 0.199 e. The van der Waals surface area contributed by atoms with E-state index in [0.717, 1.165) is 37.0 Å². The van der Waals surface area contributed by atoms with Crippen molar-refractivity contribution in [2.24, 2.45) is 5.16 Å². The second-order valence-electron chi connectivity index (χ2n) is 4.84. The summed E-state index contributed by atoms with van der Waals surface area (Å²) in [6.07, 6.45) is 3.78. The first-order valence-electron chi connectivity index (χ1n) is 6.61. The van der Waals surface area contributed by atoms with Crippen LogP contribution in [0.15, 0.2) is 27.9 Å². The zero-order valence-electron chi connectivity index (χ0n) is 11.1. The highest BCUT2D eigenvalue weighted by molar-refractivity contribution is 6.31. The summed E-state index contributed by atoms with van der Waals surface area (Å²) in [7, 11) is 0. The highest BCUT2D eigenvalue weighted by Crippen LogP contribution is 2.26. The summed E-state index contributed by atoms with van der Waals surface area (Å²) in [5, 5.41) is 19.3. The summed E-state index contributed by atoms with van der Waals surface area (Å²) in [6, 6.07) is 4.14. The lowest BCUT2D eigenvalue weighted by molar-refractivity contribution is 0.318. The Balaban J connectivity index is 1.89. The lowest BCUT2D eigenvalue weighted by Gasteiger charge is -2.11. The van der Waals surface area contributed by atoms with Crippen molar-refractivity contribution in [3.8, 4) is 0 Å². The van der Waals surface area contributed by atoms with Gasteiger partial charge in [0.2, 0.25) is 0 Å². The zero-order valence-corrected chi connectivity index (χ0v) is 11.8. The number of hydrogen-bond acceptors (Lipinski definition) is 4. The molecule has 3 rings (SSSR count). The maximum atomic E-state index is 13.1. The quantitative estimate of drug-likeness (QED) is 0.385. The number of nitrogens with zero attached hydrogens (tertiary/aromatic N) is 2. The van der Waals surface area contributed by atoms with Crippen molar-refractivity contribution in [3.63, 3.8) is 0 Å². The molecule has 0 spiro atoms. The molecule has 110 valence electrons. The monoisotopic (exact) mass is 309 g/mol. The van der Waals surface area contributed by atoms with Crippen molar-refractivity contribution in [3.05, 3.63) is 46.1 Å². The minimum absolute atomic E-state index is 0.0144. The first kappa shape index (κ1) is 13.9. The molecular formula is C14H13ClFN3O2. The Bertz CT molecular complexity index is 700. The molecule has 0 radical (unpaired) electrons. The molecule has 7 heteroatoms. The summed E-state index contributed by atoms with van der Waals surface area (Å²) >= 11 is 5.73. The third-order valence-corrected chi connectivity index (χ3v) is 3.75. The minimum atomic E-state index is -0.511. The van der Waals surface area contributed by atoms with Crippen molar-refractivity contribution in [2.45, 2.75) is 25.7 Å². The summed E-state index contributed by atoms with van der Waals surface area (Å²) in [6.45, 7) is 0. The number of benzene rings is 1. The fourth-order valence-corrected chi connectivity index (χ4v) is 2.59. The minimum Gasteiger partial charge on any atom is -0.409 e. The molecule has 0 saturated carbocycles. The number of anilines is 1. The first-order valence-corrected chi connectivity index (χ1v) is 6.98. The largest absolute Gasteiger partial charge is 0.409 e. The van der Waals surface area contributed by atoms with Gasteiger partial charge in [-0.25, -0.2) is 4.39 Å². The van der Waals surface area contributed by atoms with E-state index in [1.807, 2.05) is 0 Å². The molecule has 0 fully saturated rings. The van der Waals surface area contributed by atoms with Gasteiger partial charge in [-0.3, -0.25) is 0 Å². The van der Waals surface area contributed by atoms with Crippen LogP contribution in [0.2, 0.25) is 5.02 Å². The van der Waals surface area contributed by atoms with Crippen LogP contribution in [-0.4, -0.2) is 16.2 Å². The maximum Gasteiger partial charge on any atom is 0.199 e. The summed E-state index contributed by atoms with van der Waals surface area (Å²) in [5.74, 6) is 0.476. The van der Waals surface area contributed by atoms with E-state index >= 15 is 0 Å². The molecule has 0 unspecified atom stereocenters. The molecule has 0 aliphatic heterocycles. The molecule has 2 aromatic rings. The Morgan fingerprint density at radius 1 is 1.38 bits per heavy atom. The fraction of sp³-hybridized carbons (Fsp3) is 0.286. The number of oxime groups is 1. The normalized spacial score (nSPS) is 14.9. The molecule has 0 saturated heterocycles. The molecule has 1 aliphatic rings. The average Bonchev–Trinajstić information content (AvgIpc) is 2.92. The van der Waals surface area contributed by atoms with Gasteiger partial charge in [0.1, 0.15) is 11.6 Å². The molecule has 1 heterocycles. The molecule has 1 aliphatic carbocycles. The van der Waals surface area contributed by atoms with Crippen molar-refractivity contribution >= 4 is 23.1 Å². The standard InChI is InChI=1S/C14H13ClFN3O2/c15-10-7-8(5-6-11(10)16)17-14(18-20)13-9-3-1-2-4-12(9)21-19-13/h5-7,20H,1-4H2,(H,17,18). The number of aromatic nitrogens is 1. The summed E-state index contributed by atoms with van der Waals surface area (Å²) < 4.78 is 18.4. The van der Waals surface area contributed by atoms with Gasteiger partial charge in [0.15, 0.2) is 11.5 Å². The lowest BCUT2D eigenvalue weighted by atomic mass is 9.96. The molecule has 5 nitrogen and oxygen atoms in total. The summed E-state index contributed by atoms with van der Waals surface area (Å²) in [4.78, 5) is 0. The van der Waals surface area contributed by atoms with Crippen LogP contribution in [0.25, 0.3) is 0 Å². The van der Waals surface area contributed by atoms with Crippen LogP contribution < -0.4 is 5.32 Å². The van der Waals surface area contributed by atoms with Gasteiger partial charge < -0.3 is 15.0 Å². The van der Waals surface area contributed by atoms with Gasteiger partial charge in [-0.05, 0) is 37.5 Å². The van der Waals surface area contributed by atoms with E-state index in [1.165, 1.54) is 18.2 Å². The predicted octanol–water partition coefficient (Wildman–Crippen LogP) is 3.59. The second kappa shape index (κ2) is 5.73. The topological polar surface area (TPSA) is 70.7 Å². The number of amidine groups is 1. The number of hydrogen-bond donors (Lipinski definition) is 2. The molecule has 1 aromatic heterocycles. The van der Waals surface area contributed by atoms with Crippen molar-refractivity contribution in [1.29, 1.82) is 0 Å². The van der Waals surface area contributed by atoms with E-state index in [9.17, 15) is 9.60 Å². The van der Waals surface area contributed by atoms with Crippen molar-refractivity contribution < 1.29 is 14.1 Å². The Morgan fingerprint density at radius 3 is 2.95 bits per heavy atom. The van der Waals surface area contributed by atoms with Gasteiger partial charge in [-0.15, -0.1) is 0 Å². The number of halogens is 2. The Hall–Kier alpha value is -2.08. The number of aryl methyl sites for hydroxylation is 1. The second-order valence-corrected chi connectivity index (χ2v) is 5.25. The van der Waals surface area contributed by atoms with Crippen LogP contribution in [0, 0.1) is 5.82 Å². The van der Waals surface area contributed by atoms with Gasteiger partial charge >= 0.3 is 0 Å². The molecule has 0 atom stereocenters. The fourth-order valence-electron chi connectivity index (χ4n) is 2.41. The third-order valence-electron chi connectivity index (χ3n) is 3.46. The molecule has 1 aromatic carbocycles. The Labute approximate surface area is 125 Å². The van der Waals surface area contributed by atoms with Crippen molar-refractivity contribution in [1.82, 2.24) is 5.16 Å². The van der Waals surface area contributed by atoms with Crippen LogP contribution in [0.3, 0.4) is 0 Å². The van der Waals surface area contributed by atoms with E-state index in [0.29, 0.717) is 11.4 Å².